The molecular formula is C12H11FN2O2S3. The second-order valence-electron chi connectivity index (χ2n) is 4.05. The molecule has 20 heavy (non-hydrogen) atoms. The monoisotopic (exact) mass is 330 g/mol. The van der Waals surface area contributed by atoms with Crippen LogP contribution in [-0.4, -0.2) is 13.4 Å². The van der Waals surface area contributed by atoms with Crippen LogP contribution in [0.5, 0.6) is 0 Å². The Labute approximate surface area is 125 Å². The Morgan fingerprint density at radius 2 is 2.05 bits per heavy atom. The molecule has 0 radical (unpaired) electrons. The predicted molar refractivity (Wildman–Crippen MR) is 82.2 cm³/mol. The summed E-state index contributed by atoms with van der Waals surface area (Å²) in [6, 6.07) is 7.08. The Morgan fingerprint density at radius 3 is 2.60 bits per heavy atom. The molecule has 0 atom stereocenters. The van der Waals surface area contributed by atoms with Gasteiger partial charge in [-0.1, -0.05) is 18.3 Å². The molecular weight excluding hydrogens is 319 g/mol. The summed E-state index contributed by atoms with van der Waals surface area (Å²) in [4.78, 5) is 0.647. The summed E-state index contributed by atoms with van der Waals surface area (Å²) in [6.07, 6.45) is 0. The Morgan fingerprint density at radius 1 is 1.35 bits per heavy atom. The van der Waals surface area contributed by atoms with Gasteiger partial charge in [0, 0.05) is 0 Å². The highest BCUT2D eigenvalue weighted by atomic mass is 32.2. The number of rotatable bonds is 4. The van der Waals surface area contributed by atoms with Gasteiger partial charge in [0.1, 0.15) is 15.0 Å². The Kier molecular flexibility index (Phi) is 4.07. The van der Waals surface area contributed by atoms with Crippen molar-refractivity contribution in [3.05, 3.63) is 46.6 Å². The first-order valence-corrected chi connectivity index (χ1v) is 8.19. The van der Waals surface area contributed by atoms with Crippen LogP contribution in [-0.2, 0) is 10.0 Å². The number of benzene rings is 1. The van der Waals surface area contributed by atoms with Gasteiger partial charge in [0.05, 0.1) is 10.6 Å². The minimum atomic E-state index is -3.77. The van der Waals surface area contributed by atoms with Crippen LogP contribution in [0.2, 0.25) is 0 Å². The molecule has 0 amide bonds. The standard InChI is InChI=1S/C12H11FN2O2S3/c1-7-2-3-8(6-9(7)13)15-20(16,17)11-5-4-10(19-11)12(14)18/h2-6,15H,1H3,(H2,14,18). The Balaban J connectivity index is 2.30. The molecule has 1 aromatic carbocycles. The molecule has 0 unspecified atom stereocenters. The Hall–Kier alpha value is -1.51. The molecule has 2 rings (SSSR count). The van der Waals surface area contributed by atoms with E-state index in [4.69, 9.17) is 18.0 Å². The van der Waals surface area contributed by atoms with Gasteiger partial charge in [0.2, 0.25) is 0 Å². The van der Waals surface area contributed by atoms with Crippen LogP contribution < -0.4 is 10.5 Å². The van der Waals surface area contributed by atoms with Gasteiger partial charge in [-0.2, -0.15) is 0 Å². The van der Waals surface area contributed by atoms with Gasteiger partial charge < -0.3 is 5.73 Å². The number of hydrogen-bond acceptors (Lipinski definition) is 4. The maximum absolute atomic E-state index is 13.4. The number of anilines is 1. The summed E-state index contributed by atoms with van der Waals surface area (Å²) in [5.41, 5.74) is 6.05. The highest BCUT2D eigenvalue weighted by Gasteiger charge is 2.18. The van der Waals surface area contributed by atoms with Crippen LogP contribution in [0.25, 0.3) is 0 Å². The minimum absolute atomic E-state index is 0.0706. The average molecular weight is 330 g/mol. The first-order valence-electron chi connectivity index (χ1n) is 5.48. The zero-order valence-corrected chi connectivity index (χ0v) is 12.8. The van der Waals surface area contributed by atoms with E-state index in [1.807, 2.05) is 0 Å². The topological polar surface area (TPSA) is 72.2 Å². The fourth-order valence-corrected chi connectivity index (χ4v) is 3.86. The van der Waals surface area contributed by atoms with Crippen LogP contribution in [0.1, 0.15) is 10.4 Å². The quantitative estimate of drug-likeness (QED) is 0.845. The van der Waals surface area contributed by atoms with E-state index in [-0.39, 0.29) is 14.9 Å². The molecule has 3 N–H and O–H groups in total. The smallest absolute Gasteiger partial charge is 0.271 e. The molecule has 0 fully saturated rings. The maximum atomic E-state index is 13.4. The van der Waals surface area contributed by atoms with Crippen molar-refractivity contribution in [2.24, 2.45) is 5.73 Å². The fourth-order valence-electron chi connectivity index (χ4n) is 1.46. The lowest BCUT2D eigenvalue weighted by Gasteiger charge is -2.07. The zero-order valence-electron chi connectivity index (χ0n) is 10.4. The van der Waals surface area contributed by atoms with Crippen molar-refractivity contribution in [2.45, 2.75) is 11.1 Å². The number of nitrogens with two attached hydrogens (primary N) is 1. The van der Waals surface area contributed by atoms with E-state index in [9.17, 15) is 12.8 Å². The molecule has 1 aromatic heterocycles. The van der Waals surface area contributed by atoms with Gasteiger partial charge in [0.15, 0.2) is 0 Å². The molecule has 106 valence electrons. The second kappa shape index (κ2) is 5.47. The molecule has 1 heterocycles. The SMILES string of the molecule is Cc1ccc(NS(=O)(=O)c2ccc(C(N)=S)s2)cc1F. The van der Waals surface area contributed by atoms with Gasteiger partial charge in [-0.15, -0.1) is 11.3 Å². The fraction of sp³-hybridized carbons (Fsp3) is 0.0833. The van der Waals surface area contributed by atoms with Crippen LogP contribution in [0.3, 0.4) is 0 Å². The van der Waals surface area contributed by atoms with Gasteiger partial charge in [0.25, 0.3) is 10.0 Å². The van der Waals surface area contributed by atoms with Crippen LogP contribution >= 0.6 is 23.6 Å². The first-order chi connectivity index (χ1) is 9.29. The zero-order chi connectivity index (χ0) is 14.9. The lowest BCUT2D eigenvalue weighted by atomic mass is 10.2. The van der Waals surface area contributed by atoms with Gasteiger partial charge in [-0.05, 0) is 36.8 Å². The summed E-state index contributed by atoms with van der Waals surface area (Å²) in [5, 5.41) is 0. The van der Waals surface area contributed by atoms with E-state index < -0.39 is 15.8 Å². The van der Waals surface area contributed by atoms with Crippen molar-refractivity contribution in [2.75, 3.05) is 4.72 Å². The van der Waals surface area contributed by atoms with E-state index >= 15 is 0 Å². The first kappa shape index (κ1) is 14.9. The van der Waals surface area contributed by atoms with E-state index in [0.717, 1.165) is 17.4 Å². The number of thiocarbonyl (C=S) groups is 1. The van der Waals surface area contributed by atoms with E-state index in [2.05, 4.69) is 4.72 Å². The van der Waals surface area contributed by atoms with Crippen LogP contribution in [0.15, 0.2) is 34.5 Å². The van der Waals surface area contributed by atoms with Gasteiger partial charge in [-0.3, -0.25) is 4.72 Å². The molecule has 0 saturated carbocycles. The van der Waals surface area contributed by atoms with Crippen molar-refractivity contribution in [1.29, 1.82) is 0 Å². The summed E-state index contributed by atoms with van der Waals surface area (Å²) in [5.74, 6) is -0.472. The molecule has 0 saturated heterocycles. The third-order valence-corrected chi connectivity index (χ3v) is 5.85. The highest BCUT2D eigenvalue weighted by molar-refractivity contribution is 7.94. The van der Waals surface area contributed by atoms with E-state index in [1.165, 1.54) is 24.3 Å². The molecule has 4 nitrogen and oxygen atoms in total. The number of halogens is 1. The molecule has 0 aliphatic rings. The molecule has 8 heteroatoms. The largest absolute Gasteiger partial charge is 0.389 e. The molecule has 0 aliphatic carbocycles. The van der Waals surface area contributed by atoms with Crippen molar-refractivity contribution in [3.63, 3.8) is 0 Å². The third-order valence-electron chi connectivity index (χ3n) is 2.51. The van der Waals surface area contributed by atoms with Gasteiger partial charge in [-0.25, -0.2) is 12.8 Å². The average Bonchev–Trinajstić information content (AvgIpc) is 2.84. The second-order valence-corrected chi connectivity index (χ2v) is 7.49. The minimum Gasteiger partial charge on any atom is -0.389 e. The normalized spacial score (nSPS) is 11.3. The Bertz CT molecular complexity index is 769. The highest BCUT2D eigenvalue weighted by Crippen LogP contribution is 2.24. The number of sulfonamides is 1. The van der Waals surface area contributed by atoms with Crippen molar-refractivity contribution < 1.29 is 12.8 Å². The third kappa shape index (κ3) is 3.14. The molecule has 0 spiro atoms. The number of hydrogen-bond donors (Lipinski definition) is 2. The number of nitrogens with one attached hydrogen (secondary N) is 1. The van der Waals surface area contributed by atoms with E-state index in [1.54, 1.807) is 6.92 Å². The molecule has 2 aromatic rings. The van der Waals surface area contributed by atoms with Crippen molar-refractivity contribution in [3.8, 4) is 0 Å². The summed E-state index contributed by atoms with van der Waals surface area (Å²) in [7, 11) is -3.77. The van der Waals surface area contributed by atoms with E-state index in [0.29, 0.717) is 10.4 Å². The summed E-state index contributed by atoms with van der Waals surface area (Å²) in [6.45, 7) is 1.60. The predicted octanol–water partition coefficient (Wildman–Crippen LogP) is 2.63. The summed E-state index contributed by atoms with van der Waals surface area (Å²) < 4.78 is 40.0. The van der Waals surface area contributed by atoms with Crippen molar-refractivity contribution >= 4 is 44.3 Å². The molecule has 0 aliphatic heterocycles. The number of thiophene rings is 1. The summed E-state index contributed by atoms with van der Waals surface area (Å²) >= 11 is 5.75. The van der Waals surface area contributed by atoms with Crippen molar-refractivity contribution in [1.82, 2.24) is 0 Å². The van der Waals surface area contributed by atoms with Crippen LogP contribution in [0.4, 0.5) is 10.1 Å². The lowest BCUT2D eigenvalue weighted by Crippen LogP contribution is -2.11. The lowest BCUT2D eigenvalue weighted by molar-refractivity contribution is 0.603. The number of aryl methyl sites for hydroxylation is 1. The van der Waals surface area contributed by atoms with Crippen LogP contribution in [0, 0.1) is 12.7 Å². The molecule has 0 bridgehead atoms. The van der Waals surface area contributed by atoms with Gasteiger partial charge >= 0.3 is 0 Å². The maximum Gasteiger partial charge on any atom is 0.271 e.